The van der Waals surface area contributed by atoms with Gasteiger partial charge >= 0.3 is 23.9 Å². The molecule has 0 aromatic heterocycles. The number of hydrogen-bond acceptors (Lipinski definition) is 18. The van der Waals surface area contributed by atoms with E-state index in [1.807, 2.05) is 0 Å². The number of aryl methyl sites for hydroxylation is 8. The first kappa shape index (κ1) is 92.2. The molecule has 1 atom stereocenters. The van der Waals surface area contributed by atoms with Crippen LogP contribution < -0.4 is 42.4 Å². The zero-order chi connectivity index (χ0) is 89.8. The van der Waals surface area contributed by atoms with Crippen LogP contribution in [0.25, 0.3) is 0 Å². The quantitative estimate of drug-likeness (QED) is 0.0203. The lowest BCUT2D eigenvalue weighted by Crippen LogP contribution is -2.49. The van der Waals surface area contributed by atoms with Crippen LogP contribution in [0.1, 0.15) is 137 Å². The summed E-state index contributed by atoms with van der Waals surface area (Å²) in [5, 5.41) is 2.70. The largest absolute Gasteiger partial charge is 0.460 e. The van der Waals surface area contributed by atoms with E-state index < -0.39 is 107 Å². The molecule has 12 rings (SSSR count). The monoisotopic (exact) mass is 1750 g/mol. The third kappa shape index (κ3) is 19.5. The van der Waals surface area contributed by atoms with Crippen molar-refractivity contribution in [1.29, 1.82) is 0 Å². The Morgan fingerprint density at radius 2 is 0.424 bits per heavy atom. The zero-order valence-electron chi connectivity index (χ0n) is 72.6. The number of esters is 4. The summed E-state index contributed by atoms with van der Waals surface area (Å²) in [6, 6.07) is 74.6. The number of nitrogens with zero attached hydrogens (tertiary/aromatic N) is 2. The van der Waals surface area contributed by atoms with Crippen LogP contribution in [0.2, 0.25) is 0 Å². The van der Waals surface area contributed by atoms with E-state index in [4.69, 9.17) is 18.9 Å². The van der Waals surface area contributed by atoms with Crippen molar-refractivity contribution in [2.75, 3.05) is 32.7 Å². The van der Waals surface area contributed by atoms with Crippen molar-refractivity contribution >= 4 is 117 Å². The molecule has 22 heteroatoms. The van der Waals surface area contributed by atoms with Crippen LogP contribution in [0.5, 0.6) is 0 Å². The molecule has 0 saturated carbocycles. The number of carbonyl (C=O) groups excluding carboxylic acids is 8. The van der Waals surface area contributed by atoms with Gasteiger partial charge < -0.3 is 37.2 Å². The molecule has 0 spiro atoms. The molecule has 640 valence electrons. The molecule has 0 aliphatic rings. The van der Waals surface area contributed by atoms with Crippen molar-refractivity contribution in [3.63, 3.8) is 0 Å². The topological polar surface area (TPSA) is 248 Å². The molecule has 0 radical (unpaired) electrons. The third-order valence-corrected chi connectivity index (χ3v) is 34.9. The summed E-state index contributed by atoms with van der Waals surface area (Å²) in [5.41, 5.74) is 6.77. The molecule has 0 aliphatic carbocycles. The molecule has 12 aromatic rings. The maximum atomic E-state index is 15.6. The lowest BCUT2D eigenvalue weighted by molar-refractivity contribution is -0.154. The van der Waals surface area contributed by atoms with Gasteiger partial charge in [-0.1, -0.05) is 267 Å². The van der Waals surface area contributed by atoms with Gasteiger partial charge in [-0.3, -0.25) is 48.2 Å². The van der Waals surface area contributed by atoms with E-state index in [1.165, 1.54) is 9.80 Å². The van der Waals surface area contributed by atoms with Crippen molar-refractivity contribution < 1.29 is 75.6 Å². The summed E-state index contributed by atoms with van der Waals surface area (Å²) in [5.74, 6) is -3.42. The Morgan fingerprint density at radius 1 is 0.256 bits per heavy atom. The number of hydrogen-bond donors (Lipinski definition) is 0. The van der Waals surface area contributed by atoms with Gasteiger partial charge in [0, 0.05) is 77.3 Å². The van der Waals surface area contributed by atoms with Gasteiger partial charge in [-0.15, -0.1) is 0 Å². The maximum absolute atomic E-state index is 15.6. The number of ether oxygens (including phenoxy) is 4. The zero-order valence-corrected chi connectivity index (χ0v) is 76.1. The molecule has 0 bridgehead atoms. The normalized spacial score (nSPS) is 12.0. The fourth-order valence-electron chi connectivity index (χ4n) is 16.9. The molecule has 0 amide bonds. The minimum atomic E-state index is -4.04. The van der Waals surface area contributed by atoms with Gasteiger partial charge in [-0.25, -0.2) is 0 Å². The first-order valence-electron chi connectivity index (χ1n) is 41.3. The van der Waals surface area contributed by atoms with Crippen molar-refractivity contribution in [2.45, 2.75) is 122 Å². The second kappa shape index (κ2) is 39.9. The van der Waals surface area contributed by atoms with Crippen molar-refractivity contribution in [3.8, 4) is 0 Å². The predicted octanol–water partition coefficient (Wildman–Crippen LogP) is 17.3. The highest BCUT2D eigenvalue weighted by Crippen LogP contribution is 2.53. The Bertz CT molecular complexity index is 5760. The first-order valence-corrected chi connectivity index (χ1v) is 48.1. The average Bonchev–Trinajstić information content (AvgIpc) is 0.763. The molecular formula is C103H102N2O16P4. The van der Waals surface area contributed by atoms with Crippen LogP contribution in [0.15, 0.2) is 267 Å². The Balaban J connectivity index is 0.879. The molecule has 0 fully saturated rings. The molecule has 1 unspecified atom stereocenters. The smallest absolute Gasteiger partial charge is 0.320 e. The van der Waals surface area contributed by atoms with E-state index in [0.29, 0.717) is 131 Å². The van der Waals surface area contributed by atoms with Gasteiger partial charge in [0.1, 0.15) is 26.4 Å². The van der Waals surface area contributed by atoms with Gasteiger partial charge in [0.15, 0.2) is 0 Å². The van der Waals surface area contributed by atoms with E-state index in [2.05, 4.69) is 0 Å². The lowest BCUT2D eigenvalue weighted by Gasteiger charge is -2.32. The molecule has 0 heterocycles. The van der Waals surface area contributed by atoms with Gasteiger partial charge in [0.2, 0.25) is 50.7 Å². The van der Waals surface area contributed by atoms with Crippen LogP contribution in [-0.2, 0) is 82.8 Å². The summed E-state index contributed by atoms with van der Waals surface area (Å²) in [6.45, 7) is 18.5. The Kier molecular flexibility index (Phi) is 29.4. The van der Waals surface area contributed by atoms with Crippen LogP contribution >= 0.6 is 28.6 Å². The van der Waals surface area contributed by atoms with Crippen molar-refractivity contribution in [3.05, 3.63) is 378 Å². The average molecular weight is 1750 g/mol. The Labute approximate surface area is 731 Å². The summed E-state index contributed by atoms with van der Waals surface area (Å²) in [4.78, 5) is 124. The van der Waals surface area contributed by atoms with Gasteiger partial charge in [0.25, 0.3) is 0 Å². The fraction of sp³-hybridized carbons (Fsp3) is 0.223. The van der Waals surface area contributed by atoms with Gasteiger partial charge in [0.05, 0.1) is 26.2 Å². The van der Waals surface area contributed by atoms with E-state index >= 15 is 37.4 Å². The molecule has 12 aromatic carbocycles. The van der Waals surface area contributed by atoms with Crippen LogP contribution in [0.4, 0.5) is 0 Å². The van der Waals surface area contributed by atoms with Gasteiger partial charge in [-0.05, 0) is 179 Å². The first-order chi connectivity index (χ1) is 59.7. The fourth-order valence-corrected chi connectivity index (χ4v) is 27.3. The highest BCUT2D eigenvalue weighted by atomic mass is 31.2. The van der Waals surface area contributed by atoms with E-state index in [0.717, 1.165) is 0 Å². The summed E-state index contributed by atoms with van der Waals surface area (Å²) in [6.07, 6.45) is 0. The lowest BCUT2D eigenvalue weighted by atomic mass is 9.94. The summed E-state index contributed by atoms with van der Waals surface area (Å²) >= 11 is 0. The number of carbonyl (C=O) groups is 8. The van der Waals surface area contributed by atoms with E-state index in [-0.39, 0.29) is 55.2 Å². The molecule has 0 aliphatic heterocycles. The Morgan fingerprint density at radius 3 is 0.600 bits per heavy atom. The summed E-state index contributed by atoms with van der Waals surface area (Å²) in [7, 11) is -16.2. The minimum Gasteiger partial charge on any atom is -0.460 e. The maximum Gasteiger partial charge on any atom is 0.320 e. The summed E-state index contributed by atoms with van der Waals surface area (Å²) < 4.78 is 87.2. The molecule has 0 saturated heterocycles. The van der Waals surface area contributed by atoms with E-state index in [9.17, 15) is 19.2 Å². The molecular weight excluding hydrogens is 1650 g/mol. The third-order valence-electron chi connectivity index (χ3n) is 23.5. The van der Waals surface area contributed by atoms with Crippen LogP contribution in [-0.4, -0.2) is 94.5 Å². The molecule has 125 heavy (non-hydrogen) atoms. The van der Waals surface area contributed by atoms with Crippen LogP contribution in [0, 0.1) is 83.1 Å². The minimum absolute atomic E-state index is 0.195. The molecule has 18 nitrogen and oxygen atoms in total. The SMILES string of the molecule is Cc1cc(C)c(C(=O)P(=O)(c2ccccc2)c2ccccc2)c(C)c1COC(=O)CN(CC(=O)OCc1c(C)cc(C)c(C(=O)P(=O)(c2ccccc2)c2ccccc2)c1C)CC(C)N(CC(=O)OCc1c(C)cc(C)c(C(=O)P(=O)(c2ccccc2)c2ccccc2)c1C)CC(=O)OCc1c(C)cc(C)c(C(=O)P(=O)(c2ccccc2)c2ccccc2)c1C. The second-order valence-corrected chi connectivity index (χ2v) is 42.5. The van der Waals surface area contributed by atoms with Crippen molar-refractivity contribution in [2.24, 2.45) is 0 Å². The predicted molar refractivity (Wildman–Crippen MR) is 496 cm³/mol. The standard InChI is InChI=1S/C103H102N2O16P4/c1-67-54-71(5)96(100(110)122(114,80-38-22-14-23-39-80)81-40-24-15-25-41-81)76(10)88(67)63-118-92(106)59-104(60-93(107)119-64-89-68(2)55-72(6)97(77(89)11)101(111)123(115,82-42-26-16-27-43-82)83-44-28-17-29-45-83)58-75(9)105(61-94(108)120-65-90-69(3)56-73(7)98(78(90)12)102(112)124(116,84-46-30-18-31-47-84)85-48-32-19-33-49-85)62-95(109)121-66-91-70(4)57-74(8)99(79(91)13)103(113)125(117,86-50-34-20-35-51-86)87-52-36-21-37-53-87/h14-57,75H,58-66H2,1-13H3. The van der Waals surface area contributed by atoms with Crippen LogP contribution in [0.3, 0.4) is 0 Å². The molecule has 0 N–H and O–H groups in total. The highest BCUT2D eigenvalue weighted by Gasteiger charge is 2.44. The number of rotatable bonds is 35. The second-order valence-electron chi connectivity index (χ2n) is 31.9. The van der Waals surface area contributed by atoms with E-state index in [1.54, 1.807) is 357 Å². The van der Waals surface area contributed by atoms with Gasteiger partial charge in [-0.2, -0.15) is 0 Å². The van der Waals surface area contributed by atoms with Crippen molar-refractivity contribution in [1.82, 2.24) is 9.80 Å². The highest BCUT2D eigenvalue weighted by molar-refractivity contribution is 7.95. The number of benzene rings is 12. The Hall–Kier alpha value is -12.0.